The summed E-state index contributed by atoms with van der Waals surface area (Å²) in [6.45, 7) is 6.41. The number of ether oxygens (including phenoxy) is 1. The van der Waals surface area contributed by atoms with Gasteiger partial charge in [-0.15, -0.1) is 0 Å². The maximum atomic E-state index is 5.65. The van der Waals surface area contributed by atoms with Crippen molar-refractivity contribution in [3.05, 3.63) is 53.5 Å². The molecule has 0 unspecified atom stereocenters. The highest BCUT2D eigenvalue weighted by molar-refractivity contribution is 5.26. The Kier molecular flexibility index (Phi) is 4.42. The molecule has 0 bridgehead atoms. The van der Waals surface area contributed by atoms with Crippen LogP contribution in [0.5, 0.6) is 5.75 Å². The van der Waals surface area contributed by atoms with Crippen molar-refractivity contribution < 1.29 is 9.15 Å². The van der Waals surface area contributed by atoms with Crippen molar-refractivity contribution in [2.75, 3.05) is 6.54 Å². The molecular formula is C15H19NO2. The van der Waals surface area contributed by atoms with E-state index in [1.54, 1.807) is 6.26 Å². The van der Waals surface area contributed by atoms with Crippen molar-refractivity contribution in [1.82, 2.24) is 5.32 Å². The first-order valence-electron chi connectivity index (χ1n) is 6.24. The lowest BCUT2D eigenvalue weighted by Gasteiger charge is -2.03. The SMILES string of the molecule is CCNCc1coc(COc2ccc(C)cc2)c1. The molecule has 3 nitrogen and oxygen atoms in total. The minimum absolute atomic E-state index is 0.467. The van der Waals surface area contributed by atoms with Crippen molar-refractivity contribution in [3.8, 4) is 5.75 Å². The van der Waals surface area contributed by atoms with E-state index >= 15 is 0 Å². The zero-order valence-corrected chi connectivity index (χ0v) is 10.9. The summed E-state index contributed by atoms with van der Waals surface area (Å²) < 4.78 is 11.1. The Morgan fingerprint density at radius 1 is 1.22 bits per heavy atom. The molecule has 1 heterocycles. The molecule has 18 heavy (non-hydrogen) atoms. The fraction of sp³-hybridized carbons (Fsp3) is 0.333. The van der Waals surface area contributed by atoms with E-state index in [1.165, 1.54) is 5.56 Å². The third-order valence-corrected chi connectivity index (χ3v) is 2.69. The highest BCUT2D eigenvalue weighted by Gasteiger charge is 2.02. The van der Waals surface area contributed by atoms with Crippen LogP contribution in [-0.2, 0) is 13.2 Å². The van der Waals surface area contributed by atoms with E-state index in [9.17, 15) is 0 Å². The molecular weight excluding hydrogens is 226 g/mol. The third-order valence-electron chi connectivity index (χ3n) is 2.69. The largest absolute Gasteiger partial charge is 0.486 e. The van der Waals surface area contributed by atoms with E-state index < -0.39 is 0 Å². The van der Waals surface area contributed by atoms with E-state index in [0.29, 0.717) is 6.61 Å². The van der Waals surface area contributed by atoms with Crippen LogP contribution in [0.4, 0.5) is 0 Å². The van der Waals surface area contributed by atoms with E-state index in [0.717, 1.165) is 30.2 Å². The van der Waals surface area contributed by atoms with Crippen LogP contribution in [-0.4, -0.2) is 6.54 Å². The van der Waals surface area contributed by atoms with Gasteiger partial charge in [0, 0.05) is 12.1 Å². The molecule has 0 fully saturated rings. The summed E-state index contributed by atoms with van der Waals surface area (Å²) in [5.74, 6) is 1.72. The summed E-state index contributed by atoms with van der Waals surface area (Å²) >= 11 is 0. The second-order valence-corrected chi connectivity index (χ2v) is 4.30. The Morgan fingerprint density at radius 3 is 2.72 bits per heavy atom. The van der Waals surface area contributed by atoms with Crippen molar-refractivity contribution in [2.24, 2.45) is 0 Å². The summed E-state index contributed by atoms with van der Waals surface area (Å²) in [7, 11) is 0. The maximum absolute atomic E-state index is 5.65. The zero-order chi connectivity index (χ0) is 12.8. The van der Waals surface area contributed by atoms with Gasteiger partial charge in [0.2, 0.25) is 0 Å². The van der Waals surface area contributed by atoms with Crippen LogP contribution < -0.4 is 10.1 Å². The van der Waals surface area contributed by atoms with Crippen LogP contribution in [0, 0.1) is 6.92 Å². The number of hydrogen-bond donors (Lipinski definition) is 1. The highest BCUT2D eigenvalue weighted by atomic mass is 16.5. The number of hydrogen-bond acceptors (Lipinski definition) is 3. The van der Waals surface area contributed by atoms with Gasteiger partial charge in [-0.2, -0.15) is 0 Å². The van der Waals surface area contributed by atoms with Gasteiger partial charge in [0.25, 0.3) is 0 Å². The Morgan fingerprint density at radius 2 is 2.00 bits per heavy atom. The summed E-state index contributed by atoms with van der Waals surface area (Å²) in [5, 5.41) is 3.26. The molecule has 0 amide bonds. The van der Waals surface area contributed by atoms with Gasteiger partial charge in [0.15, 0.2) is 0 Å². The molecule has 0 atom stereocenters. The molecule has 3 heteroatoms. The lowest BCUT2D eigenvalue weighted by atomic mass is 10.2. The van der Waals surface area contributed by atoms with Crippen LogP contribution in [0.1, 0.15) is 23.8 Å². The van der Waals surface area contributed by atoms with E-state index in [-0.39, 0.29) is 0 Å². The zero-order valence-electron chi connectivity index (χ0n) is 10.9. The molecule has 0 radical (unpaired) electrons. The van der Waals surface area contributed by atoms with E-state index in [2.05, 4.69) is 19.2 Å². The van der Waals surface area contributed by atoms with Crippen LogP contribution >= 0.6 is 0 Å². The number of rotatable bonds is 6. The Hall–Kier alpha value is -1.74. The molecule has 0 aliphatic rings. The number of benzene rings is 1. The normalized spacial score (nSPS) is 10.6. The molecule has 1 aromatic heterocycles. The average molecular weight is 245 g/mol. The smallest absolute Gasteiger partial charge is 0.146 e. The Labute approximate surface area is 108 Å². The van der Waals surface area contributed by atoms with Gasteiger partial charge in [0.05, 0.1) is 6.26 Å². The van der Waals surface area contributed by atoms with Crippen molar-refractivity contribution in [2.45, 2.75) is 27.0 Å². The number of furan rings is 1. The molecule has 0 spiro atoms. The van der Waals surface area contributed by atoms with Crippen LogP contribution in [0.3, 0.4) is 0 Å². The van der Waals surface area contributed by atoms with Gasteiger partial charge < -0.3 is 14.5 Å². The Balaban J connectivity index is 1.86. The van der Waals surface area contributed by atoms with Crippen molar-refractivity contribution >= 4 is 0 Å². The lowest BCUT2D eigenvalue weighted by Crippen LogP contribution is -2.10. The first-order chi connectivity index (χ1) is 8.78. The molecule has 0 saturated carbocycles. The highest BCUT2D eigenvalue weighted by Crippen LogP contribution is 2.15. The first kappa shape index (κ1) is 12.7. The summed E-state index contributed by atoms with van der Waals surface area (Å²) in [5.41, 5.74) is 2.38. The van der Waals surface area contributed by atoms with Crippen LogP contribution in [0.15, 0.2) is 41.0 Å². The minimum atomic E-state index is 0.467. The van der Waals surface area contributed by atoms with Crippen LogP contribution in [0.2, 0.25) is 0 Å². The molecule has 96 valence electrons. The van der Waals surface area contributed by atoms with E-state index in [1.807, 2.05) is 30.3 Å². The standard InChI is InChI=1S/C15H19NO2/c1-3-16-9-13-8-15(17-10-13)11-18-14-6-4-12(2)5-7-14/h4-8,10,16H,3,9,11H2,1-2H3. The second-order valence-electron chi connectivity index (χ2n) is 4.30. The fourth-order valence-corrected chi connectivity index (χ4v) is 1.65. The van der Waals surface area contributed by atoms with Crippen LogP contribution in [0.25, 0.3) is 0 Å². The lowest BCUT2D eigenvalue weighted by molar-refractivity contribution is 0.270. The summed E-state index contributed by atoms with van der Waals surface area (Å²) in [6, 6.07) is 10.0. The molecule has 1 aromatic carbocycles. The number of nitrogens with one attached hydrogen (secondary N) is 1. The Bertz CT molecular complexity index is 473. The molecule has 1 N–H and O–H groups in total. The van der Waals surface area contributed by atoms with Crippen molar-refractivity contribution in [1.29, 1.82) is 0 Å². The van der Waals surface area contributed by atoms with Crippen molar-refractivity contribution in [3.63, 3.8) is 0 Å². The van der Waals surface area contributed by atoms with E-state index in [4.69, 9.17) is 9.15 Å². The van der Waals surface area contributed by atoms with Gasteiger partial charge in [-0.05, 0) is 31.7 Å². The topological polar surface area (TPSA) is 34.4 Å². The molecule has 0 saturated heterocycles. The van der Waals surface area contributed by atoms with Gasteiger partial charge in [0.1, 0.15) is 18.1 Å². The fourth-order valence-electron chi connectivity index (χ4n) is 1.65. The predicted molar refractivity (Wildman–Crippen MR) is 71.6 cm³/mol. The monoisotopic (exact) mass is 245 g/mol. The molecule has 2 rings (SSSR count). The molecule has 2 aromatic rings. The predicted octanol–water partition coefficient (Wildman–Crippen LogP) is 3.28. The molecule has 0 aliphatic heterocycles. The third kappa shape index (κ3) is 3.64. The van der Waals surface area contributed by atoms with Gasteiger partial charge >= 0.3 is 0 Å². The quantitative estimate of drug-likeness (QED) is 0.848. The minimum Gasteiger partial charge on any atom is -0.486 e. The summed E-state index contributed by atoms with van der Waals surface area (Å²) in [6.07, 6.45) is 1.77. The van der Waals surface area contributed by atoms with Gasteiger partial charge in [-0.3, -0.25) is 0 Å². The van der Waals surface area contributed by atoms with Gasteiger partial charge in [-0.25, -0.2) is 0 Å². The second kappa shape index (κ2) is 6.26. The first-order valence-corrected chi connectivity index (χ1v) is 6.24. The molecule has 0 aliphatic carbocycles. The average Bonchev–Trinajstić information content (AvgIpc) is 2.84. The maximum Gasteiger partial charge on any atom is 0.146 e. The summed E-state index contributed by atoms with van der Waals surface area (Å²) in [4.78, 5) is 0. The number of aryl methyl sites for hydroxylation is 1. The van der Waals surface area contributed by atoms with Gasteiger partial charge in [-0.1, -0.05) is 24.6 Å².